The summed E-state index contributed by atoms with van der Waals surface area (Å²) in [5.41, 5.74) is 2.19. The maximum absolute atomic E-state index is 12.5. The number of nitrogens with zero attached hydrogens (tertiary/aromatic N) is 3. The number of thiazole rings is 2. The van der Waals surface area contributed by atoms with Gasteiger partial charge in [0.05, 0.1) is 15.8 Å². The first-order chi connectivity index (χ1) is 11.3. The van der Waals surface area contributed by atoms with Crippen LogP contribution in [0, 0.1) is 0 Å². The van der Waals surface area contributed by atoms with Gasteiger partial charge in [-0.25, -0.2) is 9.97 Å². The summed E-state index contributed by atoms with van der Waals surface area (Å²) < 4.78 is 0.968. The number of carbonyl (C=O) groups excluding carboxylic acids is 1. The molecule has 0 aliphatic rings. The zero-order chi connectivity index (χ0) is 15.6. The van der Waals surface area contributed by atoms with Crippen molar-refractivity contribution >= 4 is 43.9 Å². The molecule has 1 N–H and O–H groups in total. The number of aromatic nitrogens is 3. The molecular formula is C16H10N4OS2. The Hall–Kier alpha value is -2.64. The van der Waals surface area contributed by atoms with Gasteiger partial charge in [0.1, 0.15) is 5.01 Å². The minimum atomic E-state index is -0.200. The molecule has 1 aromatic carbocycles. The molecule has 0 saturated heterocycles. The summed E-state index contributed by atoms with van der Waals surface area (Å²) in [6.45, 7) is 0. The van der Waals surface area contributed by atoms with Crippen molar-refractivity contribution in [1.29, 1.82) is 0 Å². The number of hydrogen-bond acceptors (Lipinski definition) is 6. The maximum atomic E-state index is 12.5. The lowest BCUT2D eigenvalue weighted by molar-refractivity contribution is 0.102. The van der Waals surface area contributed by atoms with E-state index in [0.29, 0.717) is 16.2 Å². The zero-order valence-corrected chi connectivity index (χ0v) is 13.4. The van der Waals surface area contributed by atoms with E-state index < -0.39 is 0 Å². The Bertz CT molecular complexity index is 964. The van der Waals surface area contributed by atoms with Gasteiger partial charge in [0.15, 0.2) is 5.13 Å². The molecule has 0 aliphatic carbocycles. The second kappa shape index (κ2) is 5.86. The lowest BCUT2D eigenvalue weighted by atomic mass is 10.2. The lowest BCUT2D eigenvalue weighted by Crippen LogP contribution is -2.12. The van der Waals surface area contributed by atoms with Crippen LogP contribution < -0.4 is 5.32 Å². The summed E-state index contributed by atoms with van der Waals surface area (Å²) in [7, 11) is 0. The van der Waals surface area contributed by atoms with Crippen molar-refractivity contribution in [2.75, 3.05) is 5.32 Å². The van der Waals surface area contributed by atoms with Crippen molar-refractivity contribution in [3.8, 4) is 10.6 Å². The molecule has 3 aromatic heterocycles. The largest absolute Gasteiger partial charge is 0.298 e. The standard InChI is InChI=1S/C16H10N4OS2/c21-14(20-16-18-7-8-22-16)11-4-1-5-12-13(11)19-15(23-12)10-3-2-6-17-9-10/h1-9H,(H,18,20,21). The number of carbonyl (C=O) groups is 1. The summed E-state index contributed by atoms with van der Waals surface area (Å²) in [6, 6.07) is 9.44. The molecule has 112 valence electrons. The number of nitrogens with one attached hydrogen (secondary N) is 1. The van der Waals surface area contributed by atoms with Gasteiger partial charge >= 0.3 is 0 Å². The first-order valence-electron chi connectivity index (χ1n) is 6.82. The molecule has 0 bridgehead atoms. The Kier molecular flexibility index (Phi) is 3.57. The van der Waals surface area contributed by atoms with Crippen molar-refractivity contribution in [3.63, 3.8) is 0 Å². The average molecular weight is 338 g/mol. The summed E-state index contributed by atoms with van der Waals surface area (Å²) in [6.07, 6.45) is 5.15. The monoisotopic (exact) mass is 338 g/mol. The van der Waals surface area contributed by atoms with E-state index in [2.05, 4.69) is 20.3 Å². The van der Waals surface area contributed by atoms with Gasteiger partial charge in [0.2, 0.25) is 0 Å². The molecule has 0 radical (unpaired) electrons. The Balaban J connectivity index is 1.76. The highest BCUT2D eigenvalue weighted by Gasteiger charge is 2.15. The van der Waals surface area contributed by atoms with Gasteiger partial charge in [-0.1, -0.05) is 6.07 Å². The highest BCUT2D eigenvalue weighted by molar-refractivity contribution is 7.21. The van der Waals surface area contributed by atoms with Crippen LogP contribution in [0.3, 0.4) is 0 Å². The molecular weight excluding hydrogens is 328 g/mol. The van der Waals surface area contributed by atoms with Gasteiger partial charge in [-0.05, 0) is 24.3 Å². The third-order valence-corrected chi connectivity index (χ3v) is 4.98. The third-order valence-electron chi connectivity index (χ3n) is 3.22. The summed E-state index contributed by atoms with van der Waals surface area (Å²) in [5, 5.41) is 6.05. The van der Waals surface area contributed by atoms with Crippen LogP contribution in [0.25, 0.3) is 20.8 Å². The summed E-state index contributed by atoms with van der Waals surface area (Å²) >= 11 is 2.93. The predicted octanol–water partition coefficient (Wildman–Crippen LogP) is 4.07. The molecule has 0 saturated carbocycles. The average Bonchev–Trinajstić information content (AvgIpc) is 3.24. The molecule has 0 aliphatic heterocycles. The molecule has 4 rings (SSSR count). The van der Waals surface area contributed by atoms with E-state index in [4.69, 9.17) is 0 Å². The van der Waals surface area contributed by atoms with Crippen molar-refractivity contribution in [1.82, 2.24) is 15.0 Å². The number of rotatable bonds is 3. The number of fused-ring (bicyclic) bond motifs is 1. The van der Waals surface area contributed by atoms with Crippen LogP contribution in [0.2, 0.25) is 0 Å². The third kappa shape index (κ3) is 2.71. The van der Waals surface area contributed by atoms with E-state index in [1.54, 1.807) is 36.0 Å². The van der Waals surface area contributed by atoms with Gasteiger partial charge in [-0.15, -0.1) is 22.7 Å². The number of amides is 1. The Morgan fingerprint density at radius 3 is 2.87 bits per heavy atom. The normalized spacial score (nSPS) is 10.8. The van der Waals surface area contributed by atoms with Gasteiger partial charge < -0.3 is 0 Å². The molecule has 0 atom stereocenters. The van der Waals surface area contributed by atoms with Crippen LogP contribution in [-0.2, 0) is 0 Å². The second-order valence-corrected chi connectivity index (χ2v) is 6.63. The van der Waals surface area contributed by atoms with Crippen molar-refractivity contribution in [2.24, 2.45) is 0 Å². The van der Waals surface area contributed by atoms with E-state index in [0.717, 1.165) is 15.3 Å². The van der Waals surface area contributed by atoms with Crippen molar-refractivity contribution in [2.45, 2.75) is 0 Å². The molecule has 0 unspecified atom stereocenters. The van der Waals surface area contributed by atoms with Crippen molar-refractivity contribution < 1.29 is 4.79 Å². The molecule has 4 aromatic rings. The molecule has 3 heterocycles. The fraction of sp³-hybridized carbons (Fsp3) is 0. The van der Waals surface area contributed by atoms with Gasteiger partial charge in [0, 0.05) is 29.5 Å². The van der Waals surface area contributed by atoms with E-state index in [1.165, 1.54) is 11.3 Å². The van der Waals surface area contributed by atoms with Crippen LogP contribution >= 0.6 is 22.7 Å². The molecule has 5 nitrogen and oxygen atoms in total. The van der Waals surface area contributed by atoms with E-state index in [1.807, 2.05) is 29.6 Å². The minimum absolute atomic E-state index is 0.200. The second-order valence-electron chi connectivity index (χ2n) is 4.70. The Morgan fingerprint density at radius 2 is 2.09 bits per heavy atom. The molecule has 0 spiro atoms. The van der Waals surface area contributed by atoms with Gasteiger partial charge in [0.25, 0.3) is 5.91 Å². The fourth-order valence-electron chi connectivity index (χ4n) is 2.19. The minimum Gasteiger partial charge on any atom is -0.298 e. The molecule has 7 heteroatoms. The SMILES string of the molecule is O=C(Nc1nccs1)c1cccc2sc(-c3cccnc3)nc12. The number of para-hydroxylation sites is 1. The van der Waals surface area contributed by atoms with Gasteiger partial charge in [-0.3, -0.25) is 15.1 Å². The van der Waals surface area contributed by atoms with Crippen molar-refractivity contribution in [3.05, 3.63) is 59.9 Å². The number of hydrogen-bond donors (Lipinski definition) is 1. The van der Waals surface area contributed by atoms with Crippen LogP contribution in [0.1, 0.15) is 10.4 Å². The molecule has 0 fully saturated rings. The zero-order valence-electron chi connectivity index (χ0n) is 11.8. The maximum Gasteiger partial charge on any atom is 0.259 e. The lowest BCUT2D eigenvalue weighted by Gasteiger charge is -2.02. The first kappa shape index (κ1) is 14.0. The predicted molar refractivity (Wildman–Crippen MR) is 92.9 cm³/mol. The fourth-order valence-corrected chi connectivity index (χ4v) is 3.70. The van der Waals surface area contributed by atoms with Crippen LogP contribution in [0.5, 0.6) is 0 Å². The van der Waals surface area contributed by atoms with Crippen LogP contribution in [-0.4, -0.2) is 20.9 Å². The number of pyridine rings is 1. The molecule has 23 heavy (non-hydrogen) atoms. The Morgan fingerprint density at radius 1 is 1.13 bits per heavy atom. The van der Waals surface area contributed by atoms with Gasteiger partial charge in [-0.2, -0.15) is 0 Å². The van der Waals surface area contributed by atoms with E-state index in [9.17, 15) is 4.79 Å². The first-order valence-corrected chi connectivity index (χ1v) is 8.52. The molecule has 1 amide bonds. The van der Waals surface area contributed by atoms with E-state index in [-0.39, 0.29) is 5.91 Å². The number of benzene rings is 1. The quantitative estimate of drug-likeness (QED) is 0.611. The summed E-state index contributed by atoms with van der Waals surface area (Å²) in [4.78, 5) is 25.3. The smallest absolute Gasteiger partial charge is 0.259 e. The number of anilines is 1. The Labute approximate surface area is 139 Å². The van der Waals surface area contributed by atoms with Crippen LogP contribution in [0.15, 0.2) is 54.3 Å². The highest BCUT2D eigenvalue weighted by atomic mass is 32.1. The topological polar surface area (TPSA) is 67.8 Å². The van der Waals surface area contributed by atoms with E-state index >= 15 is 0 Å². The summed E-state index contributed by atoms with van der Waals surface area (Å²) in [5.74, 6) is -0.200. The van der Waals surface area contributed by atoms with Crippen LogP contribution in [0.4, 0.5) is 5.13 Å². The highest BCUT2D eigenvalue weighted by Crippen LogP contribution is 2.31.